The quantitative estimate of drug-likeness (QED) is 0.577. The van der Waals surface area contributed by atoms with Crippen LogP contribution < -0.4 is 5.32 Å². The van der Waals surface area contributed by atoms with Gasteiger partial charge in [0.25, 0.3) is 0 Å². The molecule has 0 aromatic carbocycles. The van der Waals surface area contributed by atoms with Gasteiger partial charge in [0.15, 0.2) is 0 Å². The predicted octanol–water partition coefficient (Wildman–Crippen LogP) is -0.442. The van der Waals surface area contributed by atoms with Crippen molar-refractivity contribution in [2.24, 2.45) is 0 Å². The van der Waals surface area contributed by atoms with Crippen LogP contribution in [0, 0.1) is 0 Å². The van der Waals surface area contributed by atoms with E-state index in [9.17, 15) is 8.42 Å². The van der Waals surface area contributed by atoms with Gasteiger partial charge in [-0.1, -0.05) is 0 Å². The van der Waals surface area contributed by atoms with Gasteiger partial charge in [-0.3, -0.25) is 4.55 Å². The Morgan fingerprint density at radius 1 is 1.64 bits per heavy atom. The van der Waals surface area contributed by atoms with Gasteiger partial charge in [0.2, 0.25) is 0 Å². The molecule has 1 rings (SSSR count). The van der Waals surface area contributed by atoms with E-state index in [1.165, 1.54) is 0 Å². The van der Waals surface area contributed by atoms with Gasteiger partial charge in [0.1, 0.15) is 0 Å². The van der Waals surface area contributed by atoms with E-state index in [1.54, 1.807) is 0 Å². The highest BCUT2D eigenvalue weighted by molar-refractivity contribution is 7.80. The first-order chi connectivity index (χ1) is 5.08. The van der Waals surface area contributed by atoms with Gasteiger partial charge in [-0.2, -0.15) is 8.42 Å². The Morgan fingerprint density at radius 2 is 2.36 bits per heavy atom. The van der Waals surface area contributed by atoms with Crippen LogP contribution in [0.3, 0.4) is 0 Å². The molecule has 66 valence electrons. The Hall–Kier alpha value is -0.170. The summed E-state index contributed by atoms with van der Waals surface area (Å²) < 4.78 is 32.6. The lowest BCUT2D eigenvalue weighted by molar-refractivity contribution is 0.243. The second-order valence-electron chi connectivity index (χ2n) is 2.51. The summed E-state index contributed by atoms with van der Waals surface area (Å²) in [6, 6.07) is 0.0666. The van der Waals surface area contributed by atoms with Crippen LogP contribution in [-0.2, 0) is 14.6 Å². The fourth-order valence-corrected chi connectivity index (χ4v) is 1.40. The molecule has 2 N–H and O–H groups in total. The van der Waals surface area contributed by atoms with Gasteiger partial charge < -0.3 is 5.32 Å². The van der Waals surface area contributed by atoms with E-state index >= 15 is 0 Å². The SMILES string of the molecule is O=S(=O)(O)OC[C@H]1CCCN1. The van der Waals surface area contributed by atoms with Crippen molar-refractivity contribution in [3.8, 4) is 0 Å². The molecule has 6 heteroatoms. The normalized spacial score (nSPS) is 25.7. The average Bonchev–Trinajstić information content (AvgIpc) is 2.32. The minimum absolute atomic E-state index is 0.0266. The maximum Gasteiger partial charge on any atom is 0.397 e. The first kappa shape index (κ1) is 8.92. The third kappa shape index (κ3) is 3.66. The molecule has 11 heavy (non-hydrogen) atoms. The summed E-state index contributed by atoms with van der Waals surface area (Å²) in [6.45, 7) is 0.915. The summed E-state index contributed by atoms with van der Waals surface area (Å²) >= 11 is 0. The lowest BCUT2D eigenvalue weighted by atomic mass is 10.2. The Morgan fingerprint density at radius 3 is 2.82 bits per heavy atom. The summed E-state index contributed by atoms with van der Waals surface area (Å²) in [5.74, 6) is 0. The number of hydrogen-bond acceptors (Lipinski definition) is 4. The monoisotopic (exact) mass is 181 g/mol. The summed E-state index contributed by atoms with van der Waals surface area (Å²) in [5.41, 5.74) is 0. The molecule has 0 bridgehead atoms. The summed E-state index contributed by atoms with van der Waals surface area (Å²) in [4.78, 5) is 0. The van der Waals surface area contributed by atoms with Crippen LogP contribution in [0.25, 0.3) is 0 Å². The van der Waals surface area contributed by atoms with Crippen molar-refractivity contribution in [2.75, 3.05) is 13.2 Å². The Kier molecular flexibility index (Phi) is 2.83. The summed E-state index contributed by atoms with van der Waals surface area (Å²) in [5, 5.41) is 3.03. The first-order valence-electron chi connectivity index (χ1n) is 3.43. The molecule has 0 aromatic heterocycles. The van der Waals surface area contributed by atoms with Crippen LogP contribution in [0.1, 0.15) is 12.8 Å². The molecule has 1 heterocycles. The predicted molar refractivity (Wildman–Crippen MR) is 38.5 cm³/mol. The van der Waals surface area contributed by atoms with E-state index < -0.39 is 10.4 Å². The molecule has 1 atom stereocenters. The molecule has 0 saturated carbocycles. The Labute approximate surface area is 65.7 Å². The second kappa shape index (κ2) is 3.48. The maximum absolute atomic E-state index is 10.1. The molecule has 5 nitrogen and oxygen atoms in total. The molecule has 1 saturated heterocycles. The van der Waals surface area contributed by atoms with Crippen LogP contribution in [0.4, 0.5) is 0 Å². The molecule has 1 aliphatic rings. The first-order valence-corrected chi connectivity index (χ1v) is 4.80. The lowest BCUT2D eigenvalue weighted by Crippen LogP contribution is -2.27. The second-order valence-corrected chi connectivity index (χ2v) is 3.60. The van der Waals surface area contributed by atoms with Crippen molar-refractivity contribution in [1.82, 2.24) is 5.32 Å². The molecule has 1 aliphatic heterocycles. The molecule has 0 unspecified atom stereocenters. The van der Waals surface area contributed by atoms with Crippen LogP contribution in [0.2, 0.25) is 0 Å². The molecule has 0 aliphatic carbocycles. The number of nitrogens with one attached hydrogen (secondary N) is 1. The van der Waals surface area contributed by atoms with E-state index in [-0.39, 0.29) is 12.6 Å². The smallest absolute Gasteiger partial charge is 0.312 e. The maximum atomic E-state index is 10.1. The zero-order valence-electron chi connectivity index (χ0n) is 5.99. The molecule has 1 fully saturated rings. The van der Waals surface area contributed by atoms with Crippen LogP contribution in [0.5, 0.6) is 0 Å². The third-order valence-corrected chi connectivity index (χ3v) is 2.01. The standard InChI is InChI=1S/C5H11NO4S/c7-11(8,9)10-4-5-2-1-3-6-5/h5-6H,1-4H2,(H,7,8,9)/t5-/m1/s1. The Balaban J connectivity index is 2.22. The largest absolute Gasteiger partial charge is 0.397 e. The van der Waals surface area contributed by atoms with Crippen molar-refractivity contribution in [1.29, 1.82) is 0 Å². The molecular weight excluding hydrogens is 170 g/mol. The minimum Gasteiger partial charge on any atom is -0.312 e. The van der Waals surface area contributed by atoms with Gasteiger partial charge in [-0.05, 0) is 19.4 Å². The van der Waals surface area contributed by atoms with Gasteiger partial charge in [-0.15, -0.1) is 0 Å². The lowest BCUT2D eigenvalue weighted by Gasteiger charge is -2.07. The van der Waals surface area contributed by atoms with E-state index in [1.807, 2.05) is 0 Å². The van der Waals surface area contributed by atoms with E-state index in [0.29, 0.717) is 0 Å². The van der Waals surface area contributed by atoms with Gasteiger partial charge in [0, 0.05) is 6.04 Å². The Bertz CT molecular complexity index is 207. The third-order valence-electron chi connectivity index (χ3n) is 1.58. The van der Waals surface area contributed by atoms with E-state index in [4.69, 9.17) is 4.55 Å². The van der Waals surface area contributed by atoms with Crippen LogP contribution in [0.15, 0.2) is 0 Å². The van der Waals surface area contributed by atoms with Crippen molar-refractivity contribution in [3.05, 3.63) is 0 Å². The minimum atomic E-state index is -4.25. The highest BCUT2D eigenvalue weighted by Gasteiger charge is 2.16. The number of rotatable bonds is 3. The number of hydrogen-bond donors (Lipinski definition) is 2. The highest BCUT2D eigenvalue weighted by atomic mass is 32.3. The van der Waals surface area contributed by atoms with Crippen molar-refractivity contribution < 1.29 is 17.2 Å². The summed E-state index contributed by atoms with van der Waals surface area (Å²) in [7, 11) is -4.25. The zero-order chi connectivity index (χ0) is 8.32. The average molecular weight is 181 g/mol. The van der Waals surface area contributed by atoms with Gasteiger partial charge in [-0.25, -0.2) is 4.18 Å². The summed E-state index contributed by atoms with van der Waals surface area (Å²) in [6.07, 6.45) is 1.93. The topological polar surface area (TPSA) is 75.6 Å². The van der Waals surface area contributed by atoms with Crippen LogP contribution in [-0.4, -0.2) is 32.2 Å². The van der Waals surface area contributed by atoms with Crippen molar-refractivity contribution in [3.63, 3.8) is 0 Å². The molecule has 0 radical (unpaired) electrons. The zero-order valence-corrected chi connectivity index (χ0v) is 6.80. The van der Waals surface area contributed by atoms with E-state index in [2.05, 4.69) is 9.50 Å². The van der Waals surface area contributed by atoms with Crippen LogP contribution >= 0.6 is 0 Å². The molecule has 0 spiro atoms. The molecule has 0 amide bonds. The molecular formula is C5H11NO4S. The fraction of sp³-hybridized carbons (Fsp3) is 1.00. The van der Waals surface area contributed by atoms with Crippen molar-refractivity contribution in [2.45, 2.75) is 18.9 Å². The van der Waals surface area contributed by atoms with Crippen molar-refractivity contribution >= 4 is 10.4 Å². The molecule has 0 aromatic rings. The van der Waals surface area contributed by atoms with Gasteiger partial charge >= 0.3 is 10.4 Å². The highest BCUT2D eigenvalue weighted by Crippen LogP contribution is 2.05. The fourth-order valence-electron chi connectivity index (χ4n) is 1.07. The van der Waals surface area contributed by atoms with Gasteiger partial charge in [0.05, 0.1) is 6.61 Å². The van der Waals surface area contributed by atoms with E-state index in [0.717, 1.165) is 19.4 Å².